The monoisotopic (exact) mass is 299 g/mol. The summed E-state index contributed by atoms with van der Waals surface area (Å²) >= 11 is 0. The molecule has 0 atom stereocenters. The summed E-state index contributed by atoms with van der Waals surface area (Å²) in [6.07, 6.45) is 0. The molecular weight excluding hydrogens is 278 g/mol. The molecule has 1 rings (SSSR count). The van der Waals surface area contributed by atoms with Crippen LogP contribution in [0.3, 0.4) is 0 Å². The summed E-state index contributed by atoms with van der Waals surface area (Å²) in [7, 11) is -4.74. The highest BCUT2D eigenvalue weighted by molar-refractivity contribution is 7.90. The minimum atomic E-state index is -3.36. The molecule has 0 radical (unpaired) electrons. The van der Waals surface area contributed by atoms with Crippen LogP contribution < -0.4 is 4.72 Å². The highest BCUT2D eigenvalue weighted by Crippen LogP contribution is 2.06. The van der Waals surface area contributed by atoms with Crippen LogP contribution in [0.4, 0.5) is 0 Å². The van der Waals surface area contributed by atoms with Gasteiger partial charge in [0.15, 0.2) is 0 Å². The van der Waals surface area contributed by atoms with Crippen LogP contribution in [0.25, 0.3) is 0 Å². The molecule has 0 aromatic heterocycles. The lowest BCUT2D eigenvalue weighted by Gasteiger charge is -2.31. The fourth-order valence-electron chi connectivity index (χ4n) is 1.62. The molecule has 0 amide bonds. The molecule has 108 valence electrons. The van der Waals surface area contributed by atoms with E-state index in [0.29, 0.717) is 26.2 Å². The topological polar surface area (TPSA) is 86.8 Å². The molecule has 0 aliphatic carbocycles. The molecular formula is C9H21N3O4S2. The van der Waals surface area contributed by atoms with Gasteiger partial charge >= 0.3 is 0 Å². The summed E-state index contributed by atoms with van der Waals surface area (Å²) in [5.41, 5.74) is 0. The molecule has 18 heavy (non-hydrogen) atoms. The minimum Gasteiger partial charge on any atom is -0.304 e. The number of hydrogen-bond donors (Lipinski definition) is 1. The SMILES string of the molecule is CCS(=O)(=O)NCCS(=O)(=O)N1CCN(C)CC1. The highest BCUT2D eigenvalue weighted by atomic mass is 32.2. The van der Waals surface area contributed by atoms with E-state index in [1.807, 2.05) is 7.05 Å². The van der Waals surface area contributed by atoms with Gasteiger partial charge < -0.3 is 4.90 Å². The Hall–Kier alpha value is -0.220. The Bertz CT molecular complexity index is 452. The molecule has 1 aliphatic rings. The van der Waals surface area contributed by atoms with Crippen molar-refractivity contribution in [1.29, 1.82) is 0 Å². The molecule has 0 unspecified atom stereocenters. The molecule has 0 spiro atoms. The van der Waals surface area contributed by atoms with Crippen LogP contribution in [0, 0.1) is 0 Å². The van der Waals surface area contributed by atoms with Crippen molar-refractivity contribution in [3.8, 4) is 0 Å². The Morgan fingerprint density at radius 1 is 1.06 bits per heavy atom. The minimum absolute atomic E-state index is 0.0401. The molecule has 0 bridgehead atoms. The van der Waals surface area contributed by atoms with E-state index in [-0.39, 0.29) is 18.1 Å². The summed E-state index contributed by atoms with van der Waals surface area (Å²) in [6, 6.07) is 0. The molecule has 0 aromatic carbocycles. The lowest BCUT2D eigenvalue weighted by Crippen LogP contribution is -2.48. The average Bonchev–Trinajstić information content (AvgIpc) is 2.29. The van der Waals surface area contributed by atoms with Gasteiger partial charge in [0.05, 0.1) is 11.5 Å². The van der Waals surface area contributed by atoms with Gasteiger partial charge in [0, 0.05) is 32.7 Å². The Labute approximate surface area is 109 Å². The first-order valence-electron chi connectivity index (χ1n) is 5.90. The van der Waals surface area contributed by atoms with Crippen molar-refractivity contribution in [2.24, 2.45) is 0 Å². The van der Waals surface area contributed by atoms with E-state index in [2.05, 4.69) is 9.62 Å². The number of nitrogens with zero attached hydrogens (tertiary/aromatic N) is 2. The summed E-state index contributed by atoms with van der Waals surface area (Å²) < 4.78 is 49.9. The zero-order chi connectivity index (χ0) is 13.8. The van der Waals surface area contributed by atoms with E-state index in [9.17, 15) is 16.8 Å². The van der Waals surface area contributed by atoms with E-state index in [1.165, 1.54) is 11.2 Å². The smallest absolute Gasteiger partial charge is 0.215 e. The van der Waals surface area contributed by atoms with Gasteiger partial charge in [-0.25, -0.2) is 21.6 Å². The molecule has 7 nitrogen and oxygen atoms in total. The van der Waals surface area contributed by atoms with Crippen molar-refractivity contribution >= 4 is 20.0 Å². The fraction of sp³-hybridized carbons (Fsp3) is 1.00. The average molecular weight is 299 g/mol. The Morgan fingerprint density at radius 3 is 2.11 bits per heavy atom. The zero-order valence-corrected chi connectivity index (χ0v) is 12.4. The van der Waals surface area contributed by atoms with E-state index >= 15 is 0 Å². The molecule has 0 aromatic rings. The van der Waals surface area contributed by atoms with Crippen LogP contribution in [0.5, 0.6) is 0 Å². The van der Waals surface area contributed by atoms with Crippen LogP contribution in [0.2, 0.25) is 0 Å². The first-order chi connectivity index (χ1) is 8.27. The van der Waals surface area contributed by atoms with Crippen LogP contribution in [-0.4, -0.2) is 77.3 Å². The van der Waals surface area contributed by atoms with Crippen LogP contribution in [0.1, 0.15) is 6.92 Å². The van der Waals surface area contributed by atoms with E-state index in [4.69, 9.17) is 0 Å². The van der Waals surface area contributed by atoms with Gasteiger partial charge in [-0.2, -0.15) is 4.31 Å². The van der Waals surface area contributed by atoms with Gasteiger partial charge in [0.1, 0.15) is 0 Å². The van der Waals surface area contributed by atoms with E-state index in [1.54, 1.807) is 0 Å². The first kappa shape index (κ1) is 15.8. The highest BCUT2D eigenvalue weighted by Gasteiger charge is 2.25. The predicted molar refractivity (Wildman–Crippen MR) is 70.3 cm³/mol. The van der Waals surface area contributed by atoms with Gasteiger partial charge in [-0.3, -0.25) is 0 Å². The third-order valence-electron chi connectivity index (χ3n) is 2.92. The quantitative estimate of drug-likeness (QED) is 0.645. The molecule has 1 aliphatic heterocycles. The Kier molecular flexibility index (Phi) is 5.53. The summed E-state index contributed by atoms with van der Waals surface area (Å²) in [6.45, 7) is 3.81. The first-order valence-corrected chi connectivity index (χ1v) is 9.16. The second-order valence-electron chi connectivity index (χ2n) is 4.32. The third kappa shape index (κ3) is 4.81. The second-order valence-corrected chi connectivity index (χ2v) is 8.50. The van der Waals surface area contributed by atoms with Crippen molar-refractivity contribution in [3.63, 3.8) is 0 Å². The van der Waals surface area contributed by atoms with Gasteiger partial charge in [0.25, 0.3) is 0 Å². The van der Waals surface area contributed by atoms with Crippen LogP contribution >= 0.6 is 0 Å². The summed E-state index contributed by atoms with van der Waals surface area (Å²) in [5, 5.41) is 0. The van der Waals surface area contributed by atoms with Gasteiger partial charge in [-0.1, -0.05) is 0 Å². The largest absolute Gasteiger partial charge is 0.304 e. The number of nitrogens with one attached hydrogen (secondary N) is 1. The normalized spacial score (nSPS) is 20.1. The third-order valence-corrected chi connectivity index (χ3v) is 6.19. The standard InChI is InChI=1S/C9H21N3O4S2/c1-3-17(13,14)10-4-9-18(15,16)12-7-5-11(2)6-8-12/h10H,3-9H2,1-2H3. The van der Waals surface area contributed by atoms with Crippen molar-refractivity contribution in [2.45, 2.75) is 6.92 Å². The maximum atomic E-state index is 11.9. The number of piperazine rings is 1. The second kappa shape index (κ2) is 6.29. The summed E-state index contributed by atoms with van der Waals surface area (Å²) in [4.78, 5) is 2.06. The molecule has 1 saturated heterocycles. The zero-order valence-electron chi connectivity index (χ0n) is 10.8. The lowest BCUT2D eigenvalue weighted by molar-refractivity contribution is 0.222. The lowest BCUT2D eigenvalue weighted by atomic mass is 10.4. The molecule has 1 fully saturated rings. The Balaban J connectivity index is 2.45. The van der Waals surface area contributed by atoms with Gasteiger partial charge in [0.2, 0.25) is 20.0 Å². The van der Waals surface area contributed by atoms with E-state index < -0.39 is 20.0 Å². The van der Waals surface area contributed by atoms with Crippen LogP contribution in [-0.2, 0) is 20.0 Å². The van der Waals surface area contributed by atoms with Crippen molar-refractivity contribution in [2.75, 3.05) is 51.3 Å². The molecule has 1 N–H and O–H groups in total. The van der Waals surface area contributed by atoms with Gasteiger partial charge in [-0.05, 0) is 14.0 Å². The number of sulfonamides is 2. The number of hydrogen-bond acceptors (Lipinski definition) is 5. The van der Waals surface area contributed by atoms with E-state index in [0.717, 1.165) is 0 Å². The van der Waals surface area contributed by atoms with Crippen LogP contribution in [0.15, 0.2) is 0 Å². The molecule has 0 saturated carbocycles. The van der Waals surface area contributed by atoms with Gasteiger partial charge in [-0.15, -0.1) is 0 Å². The maximum absolute atomic E-state index is 11.9. The van der Waals surface area contributed by atoms with Crippen molar-refractivity contribution in [1.82, 2.24) is 13.9 Å². The Morgan fingerprint density at radius 2 is 1.61 bits per heavy atom. The van der Waals surface area contributed by atoms with Crippen molar-refractivity contribution < 1.29 is 16.8 Å². The van der Waals surface area contributed by atoms with Crippen molar-refractivity contribution in [3.05, 3.63) is 0 Å². The predicted octanol–water partition coefficient (Wildman–Crippen LogP) is -1.50. The molecule has 1 heterocycles. The fourth-order valence-corrected chi connectivity index (χ4v) is 3.71. The number of rotatable bonds is 6. The number of likely N-dealkylation sites (N-methyl/N-ethyl adjacent to an activating group) is 1. The maximum Gasteiger partial charge on any atom is 0.215 e. The summed E-state index contributed by atoms with van der Waals surface area (Å²) in [5.74, 6) is -0.225. The molecule has 9 heteroatoms.